The van der Waals surface area contributed by atoms with Gasteiger partial charge in [0.1, 0.15) is 6.61 Å². The molecule has 0 atom stereocenters. The molecule has 0 N–H and O–H groups in total. The van der Waals surface area contributed by atoms with E-state index in [1.165, 1.54) is 0 Å². The molecule has 0 aromatic heterocycles. The maximum atomic E-state index is 12.3. The van der Waals surface area contributed by atoms with Crippen molar-refractivity contribution in [3.63, 3.8) is 0 Å². The van der Waals surface area contributed by atoms with E-state index >= 15 is 0 Å². The molecular formula is C15H23NO4S. The molecule has 0 radical (unpaired) electrons. The van der Waals surface area contributed by atoms with Gasteiger partial charge in [-0.05, 0) is 24.5 Å². The number of benzene rings is 1. The molecule has 118 valence electrons. The molecule has 1 aromatic rings. The number of carbonyl (C=O) groups is 1. The van der Waals surface area contributed by atoms with Gasteiger partial charge in [0, 0.05) is 12.2 Å². The van der Waals surface area contributed by atoms with Crippen molar-refractivity contribution >= 4 is 21.7 Å². The standard InChI is InChI=1S/C15H23NO4S/c1-4-10-21(18,19)20-12-15(17)16(11-13(2)3)14-8-6-5-7-9-14/h5-9,13H,4,10-12H2,1-3H3. The van der Waals surface area contributed by atoms with E-state index in [2.05, 4.69) is 0 Å². The monoisotopic (exact) mass is 313 g/mol. The normalized spacial score (nSPS) is 11.6. The maximum absolute atomic E-state index is 12.3. The molecule has 21 heavy (non-hydrogen) atoms. The topological polar surface area (TPSA) is 63.7 Å². The van der Waals surface area contributed by atoms with Crippen LogP contribution in [0.25, 0.3) is 0 Å². The van der Waals surface area contributed by atoms with E-state index in [0.29, 0.717) is 13.0 Å². The molecule has 0 saturated carbocycles. The van der Waals surface area contributed by atoms with Crippen LogP contribution in [0.15, 0.2) is 30.3 Å². The average molecular weight is 313 g/mol. The lowest BCUT2D eigenvalue weighted by molar-refractivity contribution is -0.120. The molecule has 1 rings (SSSR count). The largest absolute Gasteiger partial charge is 0.310 e. The van der Waals surface area contributed by atoms with Crippen molar-refractivity contribution in [3.05, 3.63) is 30.3 Å². The number of amides is 1. The fourth-order valence-electron chi connectivity index (χ4n) is 1.85. The Bertz CT molecular complexity index is 540. The van der Waals surface area contributed by atoms with E-state index in [1.54, 1.807) is 11.8 Å². The Labute approximate surface area is 127 Å². The molecule has 0 fully saturated rings. The summed E-state index contributed by atoms with van der Waals surface area (Å²) >= 11 is 0. The third-order valence-corrected chi connectivity index (χ3v) is 4.12. The first-order valence-electron chi connectivity index (χ1n) is 7.08. The van der Waals surface area contributed by atoms with Gasteiger partial charge in [-0.2, -0.15) is 8.42 Å². The Balaban J connectivity index is 2.78. The summed E-state index contributed by atoms with van der Waals surface area (Å²) in [6.45, 7) is 5.80. The summed E-state index contributed by atoms with van der Waals surface area (Å²) in [6.07, 6.45) is 0.463. The van der Waals surface area contributed by atoms with Gasteiger partial charge in [0.25, 0.3) is 16.0 Å². The van der Waals surface area contributed by atoms with Gasteiger partial charge in [0.2, 0.25) is 0 Å². The van der Waals surface area contributed by atoms with Crippen molar-refractivity contribution in [2.24, 2.45) is 5.92 Å². The SMILES string of the molecule is CCCS(=O)(=O)OCC(=O)N(CC(C)C)c1ccccc1. The molecule has 0 aliphatic carbocycles. The van der Waals surface area contributed by atoms with E-state index in [4.69, 9.17) is 4.18 Å². The van der Waals surface area contributed by atoms with Gasteiger partial charge in [-0.25, -0.2) is 0 Å². The van der Waals surface area contributed by atoms with Crippen LogP contribution < -0.4 is 4.90 Å². The second-order valence-electron chi connectivity index (χ2n) is 5.26. The van der Waals surface area contributed by atoms with E-state index in [0.717, 1.165) is 5.69 Å². The number of carbonyl (C=O) groups excluding carboxylic acids is 1. The van der Waals surface area contributed by atoms with Crippen molar-refractivity contribution < 1.29 is 17.4 Å². The second-order valence-corrected chi connectivity index (χ2v) is 7.02. The number of rotatable bonds is 8. The van der Waals surface area contributed by atoms with Gasteiger partial charge in [0.15, 0.2) is 0 Å². The predicted octanol–water partition coefficient (Wildman–Crippen LogP) is 2.43. The minimum Gasteiger partial charge on any atom is -0.310 e. The van der Waals surface area contributed by atoms with Crippen molar-refractivity contribution in [2.45, 2.75) is 27.2 Å². The Morgan fingerprint density at radius 2 is 1.86 bits per heavy atom. The van der Waals surface area contributed by atoms with Gasteiger partial charge in [0.05, 0.1) is 5.75 Å². The minimum atomic E-state index is -3.62. The number of hydrogen-bond acceptors (Lipinski definition) is 4. The molecular weight excluding hydrogens is 290 g/mol. The molecule has 0 bridgehead atoms. The number of para-hydroxylation sites is 1. The summed E-state index contributed by atoms with van der Waals surface area (Å²) in [5, 5.41) is 0. The summed E-state index contributed by atoms with van der Waals surface area (Å²) in [5.41, 5.74) is 0.743. The van der Waals surface area contributed by atoms with Crippen molar-refractivity contribution in [3.8, 4) is 0 Å². The van der Waals surface area contributed by atoms with E-state index in [9.17, 15) is 13.2 Å². The first-order chi connectivity index (χ1) is 9.85. The van der Waals surface area contributed by atoms with Crippen LogP contribution in [0, 0.1) is 5.92 Å². The van der Waals surface area contributed by atoms with E-state index in [1.807, 2.05) is 44.2 Å². The summed E-state index contributed by atoms with van der Waals surface area (Å²) in [5.74, 6) is -0.161. The highest BCUT2D eigenvalue weighted by molar-refractivity contribution is 7.86. The third kappa shape index (κ3) is 6.27. The smallest absolute Gasteiger partial charge is 0.267 e. The zero-order valence-electron chi connectivity index (χ0n) is 12.8. The van der Waals surface area contributed by atoms with Crippen molar-refractivity contribution in [1.82, 2.24) is 0 Å². The van der Waals surface area contributed by atoms with Gasteiger partial charge >= 0.3 is 0 Å². The van der Waals surface area contributed by atoms with Crippen LogP contribution in [-0.4, -0.2) is 33.2 Å². The Morgan fingerprint density at radius 1 is 1.24 bits per heavy atom. The van der Waals surface area contributed by atoms with Gasteiger partial charge in [-0.15, -0.1) is 0 Å². The third-order valence-electron chi connectivity index (χ3n) is 2.73. The van der Waals surface area contributed by atoms with Crippen LogP contribution in [0.4, 0.5) is 5.69 Å². The first-order valence-corrected chi connectivity index (χ1v) is 8.66. The van der Waals surface area contributed by atoms with Gasteiger partial charge in [-0.3, -0.25) is 8.98 Å². The Kier molecular flexibility index (Phi) is 6.84. The summed E-state index contributed by atoms with van der Waals surface area (Å²) in [7, 11) is -3.62. The lowest BCUT2D eigenvalue weighted by atomic mass is 10.2. The van der Waals surface area contributed by atoms with Crippen LogP contribution in [0.1, 0.15) is 27.2 Å². The Hall–Kier alpha value is -1.40. The second kappa shape index (κ2) is 8.14. The average Bonchev–Trinajstić information content (AvgIpc) is 2.43. The van der Waals surface area contributed by atoms with Crippen LogP contribution in [-0.2, 0) is 19.1 Å². The van der Waals surface area contributed by atoms with Crippen LogP contribution in [0.2, 0.25) is 0 Å². The molecule has 0 aliphatic rings. The lowest BCUT2D eigenvalue weighted by Gasteiger charge is -2.24. The molecule has 5 nitrogen and oxygen atoms in total. The number of nitrogens with zero attached hydrogens (tertiary/aromatic N) is 1. The molecule has 6 heteroatoms. The van der Waals surface area contributed by atoms with Crippen LogP contribution in [0.3, 0.4) is 0 Å². The zero-order valence-corrected chi connectivity index (χ0v) is 13.6. The number of hydrogen-bond donors (Lipinski definition) is 0. The van der Waals surface area contributed by atoms with E-state index in [-0.39, 0.29) is 17.6 Å². The highest BCUT2D eigenvalue weighted by atomic mass is 32.2. The Morgan fingerprint density at radius 3 is 2.38 bits per heavy atom. The molecule has 0 spiro atoms. The molecule has 1 amide bonds. The fraction of sp³-hybridized carbons (Fsp3) is 0.533. The highest BCUT2D eigenvalue weighted by Gasteiger charge is 2.20. The maximum Gasteiger partial charge on any atom is 0.267 e. The summed E-state index contributed by atoms with van der Waals surface area (Å²) in [4.78, 5) is 13.8. The van der Waals surface area contributed by atoms with Crippen molar-refractivity contribution in [1.29, 1.82) is 0 Å². The van der Waals surface area contributed by atoms with Crippen LogP contribution >= 0.6 is 0 Å². The molecule has 0 unspecified atom stereocenters. The minimum absolute atomic E-state index is 0.0736. The number of anilines is 1. The summed E-state index contributed by atoms with van der Waals surface area (Å²) in [6, 6.07) is 9.18. The molecule has 0 aliphatic heterocycles. The molecule has 0 saturated heterocycles. The quantitative estimate of drug-likeness (QED) is 0.692. The highest BCUT2D eigenvalue weighted by Crippen LogP contribution is 2.16. The van der Waals surface area contributed by atoms with Crippen LogP contribution in [0.5, 0.6) is 0 Å². The molecule has 0 heterocycles. The first kappa shape index (κ1) is 17.7. The molecule has 1 aromatic carbocycles. The van der Waals surface area contributed by atoms with Gasteiger partial charge in [-0.1, -0.05) is 39.0 Å². The van der Waals surface area contributed by atoms with E-state index < -0.39 is 16.7 Å². The van der Waals surface area contributed by atoms with Crippen molar-refractivity contribution in [2.75, 3.05) is 23.8 Å². The fourth-order valence-corrected chi connectivity index (χ4v) is 2.75. The lowest BCUT2D eigenvalue weighted by Crippen LogP contribution is -2.37. The summed E-state index contributed by atoms with van der Waals surface area (Å²) < 4.78 is 27.8. The predicted molar refractivity (Wildman–Crippen MR) is 83.7 cm³/mol. The zero-order chi connectivity index (χ0) is 15.9. The van der Waals surface area contributed by atoms with Gasteiger partial charge < -0.3 is 4.90 Å².